The maximum Gasteiger partial charge on any atom is 0.415 e. The number of carbonyl (C=O) groups excluding carboxylic acids is 1. The van der Waals surface area contributed by atoms with Crippen molar-refractivity contribution in [3.8, 4) is 11.8 Å². The highest BCUT2D eigenvalue weighted by Gasteiger charge is 2.26. The highest BCUT2D eigenvalue weighted by Crippen LogP contribution is 2.25. The summed E-state index contributed by atoms with van der Waals surface area (Å²) in [5.74, 6) is 0.400. The molecule has 1 aliphatic heterocycles. The van der Waals surface area contributed by atoms with Crippen molar-refractivity contribution in [2.24, 2.45) is 0 Å². The van der Waals surface area contributed by atoms with Gasteiger partial charge in [-0.3, -0.25) is 0 Å². The van der Waals surface area contributed by atoms with Crippen LogP contribution in [0.3, 0.4) is 0 Å². The summed E-state index contributed by atoms with van der Waals surface area (Å²) < 4.78 is 5.47. The molecule has 1 aliphatic rings. The van der Waals surface area contributed by atoms with Gasteiger partial charge in [0.15, 0.2) is 0 Å². The first-order valence-electron chi connectivity index (χ1n) is 10.6. The zero-order valence-electron chi connectivity index (χ0n) is 17.3. The summed E-state index contributed by atoms with van der Waals surface area (Å²) in [6, 6.07) is 30.0. The third kappa shape index (κ3) is 5.30. The third-order valence-electron chi connectivity index (χ3n) is 5.59. The lowest BCUT2D eigenvalue weighted by Crippen LogP contribution is -2.46. The molecule has 1 amide bonds. The van der Waals surface area contributed by atoms with Gasteiger partial charge in [-0.2, -0.15) is 5.26 Å². The van der Waals surface area contributed by atoms with Gasteiger partial charge in [0.25, 0.3) is 0 Å². The summed E-state index contributed by atoms with van der Waals surface area (Å²) in [6.45, 7) is 1.26. The standard InChI is InChI=1S/C26H25N3O2/c27-19-20-8-7-13-24(18-20)31-26(30)29-16-14-23(15-17-29)28-25(21-9-3-1-4-10-21)22-11-5-2-6-12-22/h1-13,18,23,25,28H,14-17H2. The van der Waals surface area contributed by atoms with Crippen molar-refractivity contribution in [1.82, 2.24) is 10.2 Å². The van der Waals surface area contributed by atoms with Gasteiger partial charge < -0.3 is 15.0 Å². The maximum atomic E-state index is 12.5. The minimum atomic E-state index is -0.365. The van der Waals surface area contributed by atoms with Crippen LogP contribution in [-0.2, 0) is 0 Å². The van der Waals surface area contributed by atoms with Crippen LogP contribution in [0.5, 0.6) is 5.75 Å². The molecule has 0 bridgehead atoms. The number of likely N-dealkylation sites (tertiary alicyclic amines) is 1. The normalized spacial score (nSPS) is 14.3. The van der Waals surface area contributed by atoms with E-state index >= 15 is 0 Å². The summed E-state index contributed by atoms with van der Waals surface area (Å²) in [6.07, 6.45) is 1.34. The fraction of sp³-hybridized carbons (Fsp3) is 0.231. The number of nitriles is 1. The molecular weight excluding hydrogens is 386 g/mol. The molecule has 0 aromatic heterocycles. The summed E-state index contributed by atoms with van der Waals surface area (Å²) in [5.41, 5.74) is 2.93. The van der Waals surface area contributed by atoms with Crippen LogP contribution in [0.25, 0.3) is 0 Å². The van der Waals surface area contributed by atoms with E-state index in [1.807, 2.05) is 12.1 Å². The number of piperidine rings is 1. The predicted molar refractivity (Wildman–Crippen MR) is 120 cm³/mol. The molecule has 3 aromatic carbocycles. The number of hydrogen-bond acceptors (Lipinski definition) is 4. The number of rotatable bonds is 5. The molecule has 0 spiro atoms. The van der Waals surface area contributed by atoms with Crippen LogP contribution >= 0.6 is 0 Å². The van der Waals surface area contributed by atoms with Crippen molar-refractivity contribution in [3.63, 3.8) is 0 Å². The number of ether oxygens (including phenoxy) is 1. The Morgan fingerprint density at radius 2 is 1.55 bits per heavy atom. The molecule has 1 N–H and O–H groups in total. The molecule has 5 heteroatoms. The molecular formula is C26H25N3O2. The van der Waals surface area contributed by atoms with E-state index in [1.165, 1.54) is 11.1 Å². The Labute approximate surface area is 182 Å². The lowest BCUT2D eigenvalue weighted by molar-refractivity contribution is 0.134. The summed E-state index contributed by atoms with van der Waals surface area (Å²) in [4.78, 5) is 14.3. The van der Waals surface area contributed by atoms with Crippen LogP contribution in [0.4, 0.5) is 4.79 Å². The van der Waals surface area contributed by atoms with Crippen molar-refractivity contribution in [3.05, 3.63) is 102 Å². The first kappa shape index (κ1) is 20.6. The van der Waals surface area contributed by atoms with E-state index in [9.17, 15) is 4.79 Å². The Morgan fingerprint density at radius 3 is 2.13 bits per heavy atom. The first-order chi connectivity index (χ1) is 15.2. The molecule has 0 atom stereocenters. The zero-order chi connectivity index (χ0) is 21.5. The summed E-state index contributed by atoms with van der Waals surface area (Å²) in [7, 11) is 0. The molecule has 5 nitrogen and oxygen atoms in total. The van der Waals surface area contributed by atoms with Gasteiger partial charge in [0.1, 0.15) is 5.75 Å². The van der Waals surface area contributed by atoms with Crippen LogP contribution in [0.2, 0.25) is 0 Å². The second-order valence-corrected chi connectivity index (χ2v) is 7.69. The molecule has 31 heavy (non-hydrogen) atoms. The van der Waals surface area contributed by atoms with Crippen LogP contribution in [0.1, 0.15) is 35.6 Å². The van der Waals surface area contributed by atoms with E-state index in [0.29, 0.717) is 30.4 Å². The van der Waals surface area contributed by atoms with Gasteiger partial charge in [0.05, 0.1) is 17.7 Å². The fourth-order valence-electron chi connectivity index (χ4n) is 3.93. The summed E-state index contributed by atoms with van der Waals surface area (Å²) >= 11 is 0. The van der Waals surface area contributed by atoms with E-state index < -0.39 is 0 Å². The van der Waals surface area contributed by atoms with Crippen molar-refractivity contribution in [1.29, 1.82) is 5.26 Å². The molecule has 0 unspecified atom stereocenters. The van der Waals surface area contributed by atoms with Crippen molar-refractivity contribution < 1.29 is 9.53 Å². The Kier molecular flexibility index (Phi) is 6.61. The van der Waals surface area contributed by atoms with E-state index in [0.717, 1.165) is 12.8 Å². The van der Waals surface area contributed by atoms with Crippen LogP contribution in [0, 0.1) is 11.3 Å². The number of carbonyl (C=O) groups is 1. The number of amides is 1. The highest BCUT2D eigenvalue weighted by atomic mass is 16.6. The molecule has 1 fully saturated rings. The predicted octanol–water partition coefficient (Wildman–Crippen LogP) is 4.90. The monoisotopic (exact) mass is 411 g/mol. The molecule has 3 aromatic rings. The van der Waals surface area contributed by atoms with Gasteiger partial charge in [-0.05, 0) is 42.2 Å². The molecule has 0 aliphatic carbocycles. The second kappa shape index (κ2) is 9.92. The number of benzene rings is 3. The molecule has 1 heterocycles. The minimum absolute atomic E-state index is 0.111. The van der Waals surface area contributed by atoms with E-state index in [1.54, 1.807) is 29.2 Å². The third-order valence-corrected chi connectivity index (χ3v) is 5.59. The maximum absolute atomic E-state index is 12.5. The fourth-order valence-corrected chi connectivity index (χ4v) is 3.93. The SMILES string of the molecule is N#Cc1cccc(OC(=O)N2CCC(NC(c3ccccc3)c3ccccc3)CC2)c1. The second-order valence-electron chi connectivity index (χ2n) is 7.69. The van der Waals surface area contributed by atoms with Gasteiger partial charge in [-0.1, -0.05) is 66.7 Å². The lowest BCUT2D eigenvalue weighted by atomic mass is 9.95. The van der Waals surface area contributed by atoms with Crippen molar-refractivity contribution in [2.45, 2.75) is 24.9 Å². The molecule has 1 saturated heterocycles. The van der Waals surface area contributed by atoms with Crippen LogP contribution in [-0.4, -0.2) is 30.1 Å². The van der Waals surface area contributed by atoms with Crippen molar-refractivity contribution >= 4 is 6.09 Å². The van der Waals surface area contributed by atoms with E-state index in [2.05, 4.69) is 59.9 Å². The Morgan fingerprint density at radius 1 is 0.935 bits per heavy atom. The topological polar surface area (TPSA) is 65.4 Å². The van der Waals surface area contributed by atoms with Gasteiger partial charge in [0.2, 0.25) is 0 Å². The first-order valence-corrected chi connectivity index (χ1v) is 10.6. The largest absolute Gasteiger partial charge is 0.415 e. The average Bonchev–Trinajstić information content (AvgIpc) is 2.84. The Hall–Kier alpha value is -3.62. The highest BCUT2D eigenvalue weighted by molar-refractivity contribution is 5.71. The lowest BCUT2D eigenvalue weighted by Gasteiger charge is -2.34. The smallest absolute Gasteiger partial charge is 0.410 e. The Bertz CT molecular complexity index is 1000. The number of nitrogens with one attached hydrogen (secondary N) is 1. The van der Waals surface area contributed by atoms with Gasteiger partial charge >= 0.3 is 6.09 Å². The molecule has 156 valence electrons. The molecule has 0 saturated carbocycles. The van der Waals surface area contributed by atoms with Crippen LogP contribution in [0.15, 0.2) is 84.9 Å². The van der Waals surface area contributed by atoms with Gasteiger partial charge in [-0.15, -0.1) is 0 Å². The van der Waals surface area contributed by atoms with E-state index in [-0.39, 0.29) is 12.1 Å². The average molecular weight is 412 g/mol. The quantitative estimate of drug-likeness (QED) is 0.648. The molecule has 0 radical (unpaired) electrons. The van der Waals surface area contributed by atoms with E-state index in [4.69, 9.17) is 10.00 Å². The van der Waals surface area contributed by atoms with Gasteiger partial charge in [0, 0.05) is 19.1 Å². The minimum Gasteiger partial charge on any atom is -0.410 e. The van der Waals surface area contributed by atoms with Crippen LogP contribution < -0.4 is 10.1 Å². The number of nitrogens with zero attached hydrogens (tertiary/aromatic N) is 2. The summed E-state index contributed by atoms with van der Waals surface area (Å²) in [5, 5.41) is 12.8. The number of hydrogen-bond donors (Lipinski definition) is 1. The van der Waals surface area contributed by atoms with Gasteiger partial charge in [-0.25, -0.2) is 4.79 Å². The molecule has 4 rings (SSSR count). The zero-order valence-corrected chi connectivity index (χ0v) is 17.3. The Balaban J connectivity index is 1.37. The van der Waals surface area contributed by atoms with Crippen molar-refractivity contribution in [2.75, 3.05) is 13.1 Å².